The Kier molecular flexibility index (Phi) is 5.83. The van der Waals surface area contributed by atoms with Crippen molar-refractivity contribution in [3.63, 3.8) is 0 Å². The van der Waals surface area contributed by atoms with E-state index >= 15 is 0 Å². The molecule has 3 rings (SSSR count). The Labute approximate surface area is 146 Å². The molecular formula is C17H22ClFN2OS. The highest BCUT2D eigenvalue weighted by Gasteiger charge is 2.27. The quantitative estimate of drug-likeness (QED) is 0.769. The highest BCUT2D eigenvalue weighted by atomic mass is 35.5. The molecule has 1 heterocycles. The number of hydrogen-bond donors (Lipinski definition) is 0. The van der Waals surface area contributed by atoms with Gasteiger partial charge < -0.3 is 4.90 Å². The van der Waals surface area contributed by atoms with E-state index in [4.69, 9.17) is 11.6 Å². The number of carbonyl (C=O) groups excluding carboxylic acids is 1. The zero-order valence-corrected chi connectivity index (χ0v) is 14.7. The second-order valence-corrected chi connectivity index (χ2v) is 7.64. The van der Waals surface area contributed by atoms with Crippen molar-refractivity contribution in [1.82, 2.24) is 9.80 Å². The molecule has 0 spiro atoms. The maximum atomic E-state index is 13.0. The molecule has 126 valence electrons. The summed E-state index contributed by atoms with van der Waals surface area (Å²) >= 11 is 7.38. The number of benzene rings is 1. The van der Waals surface area contributed by atoms with E-state index in [0.29, 0.717) is 10.8 Å². The molecule has 0 atom stereocenters. The Balaban J connectivity index is 1.46. The SMILES string of the molecule is O=C(CSc1ccc(F)cc1Cl)N1CCN(C2CCCC2)CC1. The van der Waals surface area contributed by atoms with Crippen LogP contribution >= 0.6 is 23.4 Å². The maximum Gasteiger partial charge on any atom is 0.233 e. The third kappa shape index (κ3) is 4.40. The second kappa shape index (κ2) is 7.86. The van der Waals surface area contributed by atoms with Crippen LogP contribution < -0.4 is 0 Å². The summed E-state index contributed by atoms with van der Waals surface area (Å²) in [5, 5.41) is 0.369. The Bertz CT molecular complexity index is 558. The molecule has 2 aliphatic rings. The first kappa shape index (κ1) is 17.1. The van der Waals surface area contributed by atoms with Crippen LogP contribution in [0.2, 0.25) is 5.02 Å². The molecule has 1 amide bonds. The molecule has 1 aliphatic heterocycles. The number of thioether (sulfide) groups is 1. The molecule has 1 saturated carbocycles. The molecule has 1 aromatic rings. The molecule has 0 N–H and O–H groups in total. The summed E-state index contributed by atoms with van der Waals surface area (Å²) in [6.45, 7) is 3.59. The molecule has 1 saturated heterocycles. The number of nitrogens with zero attached hydrogens (tertiary/aromatic N) is 2. The van der Waals surface area contributed by atoms with Crippen LogP contribution in [0.3, 0.4) is 0 Å². The summed E-state index contributed by atoms with van der Waals surface area (Å²) in [6, 6.07) is 5.03. The molecule has 0 aromatic heterocycles. The van der Waals surface area contributed by atoms with E-state index in [-0.39, 0.29) is 11.7 Å². The molecule has 2 fully saturated rings. The van der Waals surface area contributed by atoms with Crippen LogP contribution in [0.1, 0.15) is 25.7 Å². The second-order valence-electron chi connectivity index (χ2n) is 6.22. The van der Waals surface area contributed by atoms with Crippen molar-refractivity contribution in [2.75, 3.05) is 31.9 Å². The van der Waals surface area contributed by atoms with Crippen molar-refractivity contribution in [1.29, 1.82) is 0 Å². The average Bonchev–Trinajstić information content (AvgIpc) is 3.08. The van der Waals surface area contributed by atoms with Crippen LogP contribution in [0.15, 0.2) is 23.1 Å². The van der Waals surface area contributed by atoms with Crippen LogP contribution in [0.5, 0.6) is 0 Å². The van der Waals surface area contributed by atoms with Gasteiger partial charge in [0.2, 0.25) is 5.91 Å². The molecule has 6 heteroatoms. The minimum atomic E-state index is -0.353. The molecule has 3 nitrogen and oxygen atoms in total. The zero-order valence-electron chi connectivity index (χ0n) is 13.1. The lowest BCUT2D eigenvalue weighted by Gasteiger charge is -2.38. The molecule has 0 radical (unpaired) electrons. The van der Waals surface area contributed by atoms with E-state index in [2.05, 4.69) is 4.90 Å². The van der Waals surface area contributed by atoms with E-state index in [1.807, 2.05) is 4.90 Å². The van der Waals surface area contributed by atoms with E-state index in [1.54, 1.807) is 6.07 Å². The number of halogens is 2. The Morgan fingerprint density at radius 2 is 1.91 bits per heavy atom. The van der Waals surface area contributed by atoms with Gasteiger partial charge in [0.15, 0.2) is 0 Å². The number of amides is 1. The van der Waals surface area contributed by atoms with Gasteiger partial charge in [-0.2, -0.15) is 0 Å². The maximum absolute atomic E-state index is 13.0. The predicted molar refractivity (Wildman–Crippen MR) is 92.5 cm³/mol. The summed E-state index contributed by atoms with van der Waals surface area (Å²) in [6.07, 6.45) is 5.32. The Morgan fingerprint density at radius 3 is 2.57 bits per heavy atom. The average molecular weight is 357 g/mol. The number of rotatable bonds is 4. The van der Waals surface area contributed by atoms with Crippen molar-refractivity contribution < 1.29 is 9.18 Å². The third-order valence-electron chi connectivity index (χ3n) is 4.75. The van der Waals surface area contributed by atoms with Crippen LogP contribution in [0.4, 0.5) is 4.39 Å². The van der Waals surface area contributed by atoms with E-state index in [9.17, 15) is 9.18 Å². The lowest BCUT2D eigenvalue weighted by atomic mass is 10.2. The van der Waals surface area contributed by atoms with Crippen molar-refractivity contribution in [3.05, 3.63) is 29.0 Å². The summed E-state index contributed by atoms with van der Waals surface area (Å²) in [7, 11) is 0. The highest BCUT2D eigenvalue weighted by Crippen LogP contribution is 2.28. The standard InChI is InChI=1S/C17H22ClFN2OS/c18-15-11-13(19)5-6-16(15)23-12-17(22)21-9-7-20(8-10-21)14-3-1-2-4-14/h5-6,11,14H,1-4,7-10,12H2. The van der Waals surface area contributed by atoms with Gasteiger partial charge in [-0.25, -0.2) is 4.39 Å². The summed E-state index contributed by atoms with van der Waals surface area (Å²) in [4.78, 5) is 17.6. The molecular weight excluding hydrogens is 335 g/mol. The van der Waals surface area contributed by atoms with Crippen molar-refractivity contribution >= 4 is 29.3 Å². The monoisotopic (exact) mass is 356 g/mol. The molecule has 1 aliphatic carbocycles. The first-order valence-corrected chi connectivity index (χ1v) is 9.59. The Morgan fingerprint density at radius 1 is 1.22 bits per heavy atom. The molecule has 23 heavy (non-hydrogen) atoms. The van der Waals surface area contributed by atoms with Crippen LogP contribution in [0.25, 0.3) is 0 Å². The molecule has 0 bridgehead atoms. The normalized spacial score (nSPS) is 20.2. The fourth-order valence-electron chi connectivity index (χ4n) is 3.43. The molecule has 0 unspecified atom stereocenters. The van der Waals surface area contributed by atoms with Gasteiger partial charge in [0.05, 0.1) is 10.8 Å². The van der Waals surface area contributed by atoms with Crippen molar-refractivity contribution in [2.45, 2.75) is 36.6 Å². The number of piperazine rings is 1. The minimum absolute atomic E-state index is 0.140. The van der Waals surface area contributed by atoms with Crippen molar-refractivity contribution in [2.24, 2.45) is 0 Å². The van der Waals surface area contributed by atoms with Gasteiger partial charge in [0.1, 0.15) is 5.82 Å². The van der Waals surface area contributed by atoms with E-state index < -0.39 is 0 Å². The van der Waals surface area contributed by atoms with E-state index in [0.717, 1.165) is 37.1 Å². The van der Waals surface area contributed by atoms with Gasteiger partial charge in [0.25, 0.3) is 0 Å². The summed E-state index contributed by atoms with van der Waals surface area (Å²) < 4.78 is 13.0. The third-order valence-corrected chi connectivity index (χ3v) is 6.24. The zero-order chi connectivity index (χ0) is 16.2. The van der Waals surface area contributed by atoms with Gasteiger partial charge in [0, 0.05) is 37.1 Å². The summed E-state index contributed by atoms with van der Waals surface area (Å²) in [5.41, 5.74) is 0. The van der Waals surface area contributed by atoms with Gasteiger partial charge >= 0.3 is 0 Å². The number of hydrogen-bond acceptors (Lipinski definition) is 3. The lowest BCUT2D eigenvalue weighted by Crippen LogP contribution is -2.51. The first-order valence-electron chi connectivity index (χ1n) is 8.23. The fourth-order valence-corrected chi connectivity index (χ4v) is 4.58. The predicted octanol–water partition coefficient (Wildman–Crippen LogP) is 3.66. The van der Waals surface area contributed by atoms with Crippen LogP contribution in [-0.4, -0.2) is 53.7 Å². The van der Waals surface area contributed by atoms with Crippen LogP contribution in [-0.2, 0) is 4.79 Å². The first-order chi connectivity index (χ1) is 11.1. The summed E-state index contributed by atoms with van der Waals surface area (Å²) in [5.74, 6) is 0.143. The van der Waals surface area contributed by atoms with Crippen LogP contribution in [0, 0.1) is 5.82 Å². The minimum Gasteiger partial charge on any atom is -0.339 e. The topological polar surface area (TPSA) is 23.6 Å². The van der Waals surface area contributed by atoms with Gasteiger partial charge in [-0.05, 0) is 31.0 Å². The number of carbonyl (C=O) groups is 1. The molecule has 1 aromatic carbocycles. The fraction of sp³-hybridized carbons (Fsp3) is 0.588. The van der Waals surface area contributed by atoms with Gasteiger partial charge in [-0.1, -0.05) is 24.4 Å². The Hall–Kier alpha value is -0.780. The van der Waals surface area contributed by atoms with E-state index in [1.165, 1.54) is 49.6 Å². The van der Waals surface area contributed by atoms with Crippen molar-refractivity contribution in [3.8, 4) is 0 Å². The van der Waals surface area contributed by atoms with Gasteiger partial charge in [-0.3, -0.25) is 9.69 Å². The lowest BCUT2D eigenvalue weighted by molar-refractivity contribution is -0.130. The highest BCUT2D eigenvalue weighted by molar-refractivity contribution is 8.00. The smallest absolute Gasteiger partial charge is 0.233 e. The largest absolute Gasteiger partial charge is 0.339 e. The van der Waals surface area contributed by atoms with Gasteiger partial charge in [-0.15, -0.1) is 11.8 Å².